The normalized spacial score (nSPS) is 12.0. The van der Waals surface area contributed by atoms with Gasteiger partial charge in [-0.25, -0.2) is 4.39 Å². The number of thiophene rings is 1. The Bertz CT molecular complexity index is 1000. The van der Waals surface area contributed by atoms with Crippen molar-refractivity contribution in [2.24, 2.45) is 12.8 Å². The molecule has 2 amide bonds. The number of thioether (sulfide) groups is 1. The first-order chi connectivity index (χ1) is 12.9. The fraction of sp³-hybridized carbons (Fsp3) is 0.176. The van der Waals surface area contributed by atoms with E-state index in [1.807, 2.05) is 0 Å². The molecule has 2 aromatic heterocycles. The SMILES string of the molecule is CC(Sc1nnc(-c2ccccc2F)n1C)C(=O)Nc1sccc1C(N)=O. The Morgan fingerprint density at radius 3 is 2.74 bits per heavy atom. The quantitative estimate of drug-likeness (QED) is 0.614. The summed E-state index contributed by atoms with van der Waals surface area (Å²) in [5.74, 6) is -0.931. The highest BCUT2D eigenvalue weighted by atomic mass is 32.2. The molecule has 2 heterocycles. The second-order valence-electron chi connectivity index (χ2n) is 5.62. The van der Waals surface area contributed by atoms with Crippen LogP contribution in [0.15, 0.2) is 40.9 Å². The first-order valence-corrected chi connectivity index (χ1v) is 9.63. The van der Waals surface area contributed by atoms with Gasteiger partial charge in [-0.1, -0.05) is 23.9 Å². The summed E-state index contributed by atoms with van der Waals surface area (Å²) >= 11 is 2.40. The van der Waals surface area contributed by atoms with Crippen molar-refractivity contribution in [1.82, 2.24) is 14.8 Å². The minimum absolute atomic E-state index is 0.269. The number of carbonyl (C=O) groups excluding carboxylic acids is 2. The average molecular weight is 405 g/mol. The fourth-order valence-corrected chi connectivity index (χ4v) is 3.93. The summed E-state index contributed by atoms with van der Waals surface area (Å²) in [5.41, 5.74) is 5.89. The summed E-state index contributed by atoms with van der Waals surface area (Å²) < 4.78 is 15.6. The number of benzene rings is 1. The molecule has 0 saturated carbocycles. The molecule has 0 radical (unpaired) electrons. The van der Waals surface area contributed by atoms with Gasteiger partial charge in [0.15, 0.2) is 11.0 Å². The van der Waals surface area contributed by atoms with E-state index in [4.69, 9.17) is 5.73 Å². The maximum absolute atomic E-state index is 14.0. The summed E-state index contributed by atoms with van der Waals surface area (Å²) in [5, 5.41) is 12.8. The lowest BCUT2D eigenvalue weighted by atomic mass is 10.2. The number of hydrogen-bond donors (Lipinski definition) is 2. The van der Waals surface area contributed by atoms with Crippen LogP contribution in [0.3, 0.4) is 0 Å². The van der Waals surface area contributed by atoms with E-state index in [0.29, 0.717) is 21.5 Å². The largest absolute Gasteiger partial charge is 0.366 e. The number of aromatic nitrogens is 3. The van der Waals surface area contributed by atoms with Crippen molar-refractivity contribution in [3.63, 3.8) is 0 Å². The lowest BCUT2D eigenvalue weighted by Crippen LogP contribution is -2.24. The third-order valence-corrected chi connectivity index (χ3v) is 5.73. The molecule has 0 aliphatic heterocycles. The van der Waals surface area contributed by atoms with Gasteiger partial charge in [0.25, 0.3) is 5.91 Å². The van der Waals surface area contributed by atoms with Crippen molar-refractivity contribution < 1.29 is 14.0 Å². The van der Waals surface area contributed by atoms with Crippen LogP contribution in [-0.4, -0.2) is 31.8 Å². The molecule has 10 heteroatoms. The highest BCUT2D eigenvalue weighted by molar-refractivity contribution is 8.00. The number of amides is 2. The van der Waals surface area contributed by atoms with E-state index in [2.05, 4.69) is 15.5 Å². The molecule has 1 atom stereocenters. The maximum Gasteiger partial charge on any atom is 0.251 e. The lowest BCUT2D eigenvalue weighted by Gasteiger charge is -2.11. The van der Waals surface area contributed by atoms with Crippen LogP contribution >= 0.6 is 23.1 Å². The Labute approximate surface area is 162 Å². The highest BCUT2D eigenvalue weighted by Crippen LogP contribution is 2.28. The molecule has 3 rings (SSSR count). The van der Waals surface area contributed by atoms with Crippen molar-refractivity contribution in [3.05, 3.63) is 47.1 Å². The molecule has 0 fully saturated rings. The summed E-state index contributed by atoms with van der Waals surface area (Å²) in [4.78, 5) is 23.8. The zero-order valence-corrected chi connectivity index (χ0v) is 16.1. The van der Waals surface area contributed by atoms with E-state index in [0.717, 1.165) is 0 Å². The molecule has 7 nitrogen and oxygen atoms in total. The van der Waals surface area contributed by atoms with Gasteiger partial charge in [-0.2, -0.15) is 0 Å². The standard InChI is InChI=1S/C17H16FN5O2S2/c1-9(15(25)20-16-11(13(19)24)7-8-26-16)27-17-22-21-14(23(17)2)10-5-3-4-6-12(10)18/h3-9H,1-2H3,(H2,19,24)(H,20,25). The van der Waals surface area contributed by atoms with Gasteiger partial charge in [-0.3, -0.25) is 9.59 Å². The van der Waals surface area contributed by atoms with Gasteiger partial charge in [0.05, 0.1) is 16.4 Å². The van der Waals surface area contributed by atoms with E-state index in [1.165, 1.54) is 29.2 Å². The van der Waals surface area contributed by atoms with E-state index in [1.54, 1.807) is 48.2 Å². The minimum atomic E-state index is -0.602. The number of primary amides is 1. The molecule has 0 saturated heterocycles. The topological polar surface area (TPSA) is 103 Å². The van der Waals surface area contributed by atoms with Gasteiger partial charge in [0, 0.05) is 7.05 Å². The molecule has 0 aliphatic carbocycles. The van der Waals surface area contributed by atoms with Crippen LogP contribution in [0.4, 0.5) is 9.39 Å². The van der Waals surface area contributed by atoms with Crippen LogP contribution in [-0.2, 0) is 11.8 Å². The van der Waals surface area contributed by atoms with Crippen LogP contribution in [0.1, 0.15) is 17.3 Å². The van der Waals surface area contributed by atoms with E-state index < -0.39 is 17.0 Å². The number of hydrogen-bond acceptors (Lipinski definition) is 6. The summed E-state index contributed by atoms with van der Waals surface area (Å²) in [6.45, 7) is 1.70. The van der Waals surface area contributed by atoms with Crippen molar-refractivity contribution >= 4 is 39.9 Å². The number of carbonyl (C=O) groups is 2. The molecule has 27 heavy (non-hydrogen) atoms. The number of nitrogens with zero attached hydrogens (tertiary/aromatic N) is 3. The molecule has 0 bridgehead atoms. The van der Waals surface area contributed by atoms with Crippen LogP contribution < -0.4 is 11.1 Å². The molecule has 0 aliphatic rings. The third-order valence-electron chi connectivity index (χ3n) is 3.77. The van der Waals surface area contributed by atoms with Crippen LogP contribution in [0.5, 0.6) is 0 Å². The van der Waals surface area contributed by atoms with Gasteiger partial charge in [-0.05, 0) is 30.5 Å². The van der Waals surface area contributed by atoms with Crippen LogP contribution in [0.25, 0.3) is 11.4 Å². The first kappa shape index (κ1) is 19.1. The first-order valence-electron chi connectivity index (χ1n) is 7.87. The molecule has 1 unspecified atom stereocenters. The third kappa shape index (κ3) is 4.01. The van der Waals surface area contributed by atoms with Crippen molar-refractivity contribution in [2.75, 3.05) is 5.32 Å². The molecule has 3 aromatic rings. The van der Waals surface area contributed by atoms with Crippen LogP contribution in [0.2, 0.25) is 0 Å². The molecular formula is C17H16FN5O2S2. The second kappa shape index (κ2) is 7.89. The Morgan fingerprint density at radius 1 is 1.30 bits per heavy atom. The lowest BCUT2D eigenvalue weighted by molar-refractivity contribution is -0.115. The van der Waals surface area contributed by atoms with E-state index in [9.17, 15) is 14.0 Å². The Hall–Kier alpha value is -2.72. The van der Waals surface area contributed by atoms with E-state index >= 15 is 0 Å². The predicted molar refractivity (Wildman–Crippen MR) is 103 cm³/mol. The van der Waals surface area contributed by atoms with Gasteiger partial charge >= 0.3 is 0 Å². The Kier molecular flexibility index (Phi) is 5.57. The fourth-order valence-electron chi connectivity index (χ4n) is 2.32. The summed E-state index contributed by atoms with van der Waals surface area (Å²) in [6, 6.07) is 7.84. The average Bonchev–Trinajstić information content (AvgIpc) is 3.23. The molecule has 3 N–H and O–H groups in total. The molecule has 0 spiro atoms. The van der Waals surface area contributed by atoms with Gasteiger partial charge in [0.1, 0.15) is 10.8 Å². The minimum Gasteiger partial charge on any atom is -0.366 e. The molecule has 1 aromatic carbocycles. The Balaban J connectivity index is 1.74. The van der Waals surface area contributed by atoms with Gasteiger partial charge in [0.2, 0.25) is 5.91 Å². The monoisotopic (exact) mass is 405 g/mol. The summed E-state index contributed by atoms with van der Waals surface area (Å²) in [6.07, 6.45) is 0. The summed E-state index contributed by atoms with van der Waals surface area (Å²) in [7, 11) is 1.71. The molecule has 140 valence electrons. The maximum atomic E-state index is 14.0. The number of nitrogens with one attached hydrogen (secondary N) is 1. The number of nitrogens with two attached hydrogens (primary N) is 1. The van der Waals surface area contributed by atoms with Gasteiger partial charge in [-0.15, -0.1) is 21.5 Å². The number of rotatable bonds is 6. The molecular weight excluding hydrogens is 389 g/mol. The van der Waals surface area contributed by atoms with Crippen molar-refractivity contribution in [1.29, 1.82) is 0 Å². The van der Waals surface area contributed by atoms with Gasteiger partial charge < -0.3 is 15.6 Å². The zero-order valence-electron chi connectivity index (χ0n) is 14.5. The number of anilines is 1. The Morgan fingerprint density at radius 2 is 2.04 bits per heavy atom. The predicted octanol–water partition coefficient (Wildman–Crippen LogP) is 2.90. The zero-order chi connectivity index (χ0) is 19.6. The van der Waals surface area contributed by atoms with E-state index in [-0.39, 0.29) is 11.5 Å². The number of halogens is 1. The van der Waals surface area contributed by atoms with Crippen molar-refractivity contribution in [2.45, 2.75) is 17.3 Å². The second-order valence-corrected chi connectivity index (χ2v) is 7.85. The smallest absolute Gasteiger partial charge is 0.251 e. The highest BCUT2D eigenvalue weighted by Gasteiger charge is 2.22. The van der Waals surface area contributed by atoms with Crippen molar-refractivity contribution in [3.8, 4) is 11.4 Å². The van der Waals surface area contributed by atoms with Crippen LogP contribution in [0, 0.1) is 5.82 Å².